The molecule has 4 nitrogen and oxygen atoms in total. The number of nitrogens with one attached hydrogen (secondary N) is 1. The first-order valence-electron chi connectivity index (χ1n) is 5.42. The minimum Gasteiger partial charge on any atom is -0.355 e. The number of amides is 1. The zero-order valence-corrected chi connectivity index (χ0v) is 10.8. The van der Waals surface area contributed by atoms with Crippen LogP contribution in [0.4, 0.5) is 0 Å². The Balaban J connectivity index is 2.40. The van der Waals surface area contributed by atoms with Gasteiger partial charge in [-0.1, -0.05) is 30.3 Å². The zero-order valence-electron chi connectivity index (χ0n) is 10.0. The predicted octanol–water partition coefficient (Wildman–Crippen LogP) is 0.778. The molecular formula is C12H17NO3S. The lowest BCUT2D eigenvalue weighted by Gasteiger charge is -2.10. The summed E-state index contributed by atoms with van der Waals surface area (Å²) in [5.41, 5.74) is 1.11. The third kappa shape index (κ3) is 4.56. The molecule has 0 radical (unpaired) electrons. The maximum Gasteiger partial charge on any atom is 0.238 e. The maximum absolute atomic E-state index is 11.5. The Kier molecular flexibility index (Phi) is 4.69. The fourth-order valence-corrected chi connectivity index (χ4v) is 1.79. The third-order valence-electron chi connectivity index (χ3n) is 2.57. The minimum atomic E-state index is -3.31. The Bertz CT molecular complexity index is 468. The summed E-state index contributed by atoms with van der Waals surface area (Å²) in [5, 5.41) is 1.63. The SMILES string of the molecule is CC(C(=O)NCCc1ccccc1)S(C)(=O)=O. The van der Waals surface area contributed by atoms with Gasteiger partial charge in [-0.15, -0.1) is 0 Å². The average molecular weight is 255 g/mol. The van der Waals surface area contributed by atoms with Crippen LogP contribution in [0.1, 0.15) is 12.5 Å². The lowest BCUT2D eigenvalue weighted by molar-refractivity contribution is -0.120. The van der Waals surface area contributed by atoms with Crippen LogP contribution < -0.4 is 5.32 Å². The molecule has 0 saturated carbocycles. The highest BCUT2D eigenvalue weighted by Crippen LogP contribution is 2.00. The van der Waals surface area contributed by atoms with Crippen molar-refractivity contribution in [3.63, 3.8) is 0 Å². The van der Waals surface area contributed by atoms with Gasteiger partial charge < -0.3 is 5.32 Å². The van der Waals surface area contributed by atoms with Gasteiger partial charge >= 0.3 is 0 Å². The monoisotopic (exact) mass is 255 g/mol. The number of carbonyl (C=O) groups excluding carboxylic acids is 1. The van der Waals surface area contributed by atoms with Crippen molar-refractivity contribution >= 4 is 15.7 Å². The van der Waals surface area contributed by atoms with E-state index in [1.807, 2.05) is 30.3 Å². The molecule has 0 saturated heterocycles. The summed E-state index contributed by atoms with van der Waals surface area (Å²) in [6.45, 7) is 1.84. The summed E-state index contributed by atoms with van der Waals surface area (Å²) in [7, 11) is -3.31. The molecule has 0 bridgehead atoms. The molecule has 1 aromatic rings. The van der Waals surface area contributed by atoms with Crippen molar-refractivity contribution in [2.24, 2.45) is 0 Å². The molecule has 1 unspecified atom stereocenters. The molecule has 17 heavy (non-hydrogen) atoms. The summed E-state index contributed by atoms with van der Waals surface area (Å²) < 4.78 is 22.3. The van der Waals surface area contributed by atoms with E-state index in [-0.39, 0.29) is 0 Å². The van der Waals surface area contributed by atoms with Crippen molar-refractivity contribution in [3.05, 3.63) is 35.9 Å². The highest BCUT2D eigenvalue weighted by Gasteiger charge is 2.22. The van der Waals surface area contributed by atoms with Crippen molar-refractivity contribution in [2.75, 3.05) is 12.8 Å². The molecule has 94 valence electrons. The van der Waals surface area contributed by atoms with Gasteiger partial charge in [0.05, 0.1) is 0 Å². The Morgan fingerprint density at radius 2 is 1.88 bits per heavy atom. The van der Waals surface area contributed by atoms with Crippen LogP contribution in [-0.4, -0.2) is 32.4 Å². The molecule has 0 spiro atoms. The van der Waals surface area contributed by atoms with Gasteiger partial charge in [0.1, 0.15) is 5.25 Å². The van der Waals surface area contributed by atoms with Crippen LogP contribution in [0.25, 0.3) is 0 Å². The van der Waals surface area contributed by atoms with Crippen molar-refractivity contribution in [2.45, 2.75) is 18.6 Å². The molecule has 1 atom stereocenters. The van der Waals surface area contributed by atoms with Crippen LogP contribution in [0.2, 0.25) is 0 Å². The number of hydrogen-bond acceptors (Lipinski definition) is 3. The van der Waals surface area contributed by atoms with E-state index >= 15 is 0 Å². The summed E-state index contributed by atoms with van der Waals surface area (Å²) in [4.78, 5) is 11.5. The summed E-state index contributed by atoms with van der Waals surface area (Å²) in [5.74, 6) is -0.441. The van der Waals surface area contributed by atoms with E-state index in [1.165, 1.54) is 6.92 Å². The molecule has 5 heteroatoms. The molecule has 1 rings (SSSR count). The van der Waals surface area contributed by atoms with Crippen molar-refractivity contribution in [1.82, 2.24) is 5.32 Å². The molecule has 0 aromatic heterocycles. The van der Waals surface area contributed by atoms with Gasteiger partial charge in [-0.05, 0) is 18.9 Å². The van der Waals surface area contributed by atoms with Gasteiger partial charge in [0.2, 0.25) is 5.91 Å². The fourth-order valence-electron chi connectivity index (χ4n) is 1.31. The number of carbonyl (C=O) groups is 1. The number of rotatable bonds is 5. The second-order valence-electron chi connectivity index (χ2n) is 4.00. The minimum absolute atomic E-state index is 0.441. The molecular weight excluding hydrogens is 238 g/mol. The topological polar surface area (TPSA) is 63.2 Å². The first-order valence-corrected chi connectivity index (χ1v) is 7.37. The highest BCUT2D eigenvalue weighted by atomic mass is 32.2. The highest BCUT2D eigenvalue weighted by molar-refractivity contribution is 7.92. The molecule has 0 heterocycles. The number of benzene rings is 1. The van der Waals surface area contributed by atoms with E-state index in [2.05, 4.69) is 5.32 Å². The quantitative estimate of drug-likeness (QED) is 0.845. The van der Waals surface area contributed by atoms with Gasteiger partial charge in [-0.2, -0.15) is 0 Å². The lowest BCUT2D eigenvalue weighted by atomic mass is 10.1. The first kappa shape index (κ1) is 13.7. The second kappa shape index (κ2) is 5.82. The largest absolute Gasteiger partial charge is 0.355 e. The zero-order chi connectivity index (χ0) is 12.9. The van der Waals surface area contributed by atoms with Crippen molar-refractivity contribution in [1.29, 1.82) is 0 Å². The van der Waals surface area contributed by atoms with Crippen LogP contribution in [-0.2, 0) is 21.1 Å². The molecule has 1 aromatic carbocycles. The van der Waals surface area contributed by atoms with E-state index in [4.69, 9.17) is 0 Å². The second-order valence-corrected chi connectivity index (χ2v) is 6.36. The standard InChI is InChI=1S/C12H17NO3S/c1-10(17(2,15)16)12(14)13-9-8-11-6-4-3-5-7-11/h3-7,10H,8-9H2,1-2H3,(H,13,14). The van der Waals surface area contributed by atoms with Crippen LogP contribution in [0.3, 0.4) is 0 Å². The summed E-state index contributed by atoms with van der Waals surface area (Å²) in [6, 6.07) is 9.71. The van der Waals surface area contributed by atoms with Crippen LogP contribution in [0.15, 0.2) is 30.3 Å². The molecule has 1 amide bonds. The average Bonchev–Trinajstić information content (AvgIpc) is 2.28. The van der Waals surface area contributed by atoms with E-state index in [9.17, 15) is 13.2 Å². The number of sulfone groups is 1. The molecule has 0 aliphatic rings. The Morgan fingerprint density at radius 1 is 1.29 bits per heavy atom. The summed E-state index contributed by atoms with van der Waals surface area (Å²) in [6.07, 6.45) is 1.76. The van der Waals surface area contributed by atoms with Gasteiger partial charge in [0, 0.05) is 12.8 Å². The Hall–Kier alpha value is -1.36. The predicted molar refractivity (Wildman–Crippen MR) is 67.5 cm³/mol. The third-order valence-corrected chi connectivity index (χ3v) is 4.07. The lowest BCUT2D eigenvalue weighted by Crippen LogP contribution is -2.38. The molecule has 0 aliphatic carbocycles. The van der Waals surface area contributed by atoms with Crippen LogP contribution in [0, 0.1) is 0 Å². The molecule has 0 aliphatic heterocycles. The normalized spacial score (nSPS) is 13.1. The van der Waals surface area contributed by atoms with Gasteiger partial charge in [-0.3, -0.25) is 4.79 Å². The van der Waals surface area contributed by atoms with Gasteiger partial charge in [0.25, 0.3) is 0 Å². The van der Waals surface area contributed by atoms with Gasteiger partial charge in [-0.25, -0.2) is 8.42 Å². The van der Waals surface area contributed by atoms with E-state index in [0.29, 0.717) is 13.0 Å². The van der Waals surface area contributed by atoms with Gasteiger partial charge in [0.15, 0.2) is 9.84 Å². The van der Waals surface area contributed by atoms with Crippen LogP contribution in [0.5, 0.6) is 0 Å². The molecule has 1 N–H and O–H groups in total. The summed E-state index contributed by atoms with van der Waals surface area (Å²) >= 11 is 0. The molecule has 0 fully saturated rings. The Labute approximate surface area is 102 Å². The van der Waals surface area contributed by atoms with Crippen molar-refractivity contribution in [3.8, 4) is 0 Å². The smallest absolute Gasteiger partial charge is 0.238 e. The number of hydrogen-bond donors (Lipinski definition) is 1. The Morgan fingerprint density at radius 3 is 2.41 bits per heavy atom. The first-order chi connectivity index (χ1) is 7.91. The van der Waals surface area contributed by atoms with E-state index in [1.54, 1.807) is 0 Å². The van der Waals surface area contributed by atoms with Crippen LogP contribution >= 0.6 is 0 Å². The van der Waals surface area contributed by atoms with Crippen molar-refractivity contribution < 1.29 is 13.2 Å². The fraction of sp³-hybridized carbons (Fsp3) is 0.417. The maximum atomic E-state index is 11.5. The van der Waals surface area contributed by atoms with E-state index in [0.717, 1.165) is 11.8 Å². The van der Waals surface area contributed by atoms with E-state index < -0.39 is 21.0 Å².